The molecule has 8 heteroatoms. The van der Waals surface area contributed by atoms with Gasteiger partial charge in [0.25, 0.3) is 11.5 Å². The molecule has 8 nitrogen and oxygen atoms in total. The van der Waals surface area contributed by atoms with E-state index in [9.17, 15) is 14.4 Å². The van der Waals surface area contributed by atoms with Crippen LogP contribution in [-0.2, 0) is 6.54 Å². The zero-order valence-electron chi connectivity index (χ0n) is 18.4. The average Bonchev–Trinajstić information content (AvgIpc) is 2.67. The average molecular weight is 417 g/mol. The summed E-state index contributed by atoms with van der Waals surface area (Å²) in [6.07, 6.45) is 1.59. The Morgan fingerprint density at radius 1 is 1.27 bits per heavy atom. The molecule has 2 rings (SSSR count). The lowest BCUT2D eigenvalue weighted by molar-refractivity contribution is 0.0983. The van der Waals surface area contributed by atoms with Crippen LogP contribution in [0, 0.1) is 12.8 Å². The van der Waals surface area contributed by atoms with Crippen LogP contribution in [0.25, 0.3) is 0 Å². The monoisotopic (exact) mass is 416 g/mol. The largest absolute Gasteiger partial charge is 0.494 e. The van der Waals surface area contributed by atoms with Crippen LogP contribution in [0.2, 0.25) is 0 Å². The Hall–Kier alpha value is -3.03. The van der Waals surface area contributed by atoms with Crippen molar-refractivity contribution >= 4 is 17.4 Å². The molecule has 3 N–H and O–H groups in total. The van der Waals surface area contributed by atoms with Gasteiger partial charge < -0.3 is 15.4 Å². The van der Waals surface area contributed by atoms with E-state index in [-0.39, 0.29) is 29.9 Å². The molecule has 1 aromatic heterocycles. The molecule has 0 bridgehead atoms. The minimum Gasteiger partial charge on any atom is -0.494 e. The van der Waals surface area contributed by atoms with Crippen LogP contribution in [-0.4, -0.2) is 28.6 Å². The maximum atomic E-state index is 13.4. The highest BCUT2D eigenvalue weighted by atomic mass is 16.5. The number of benzene rings is 1. The minimum atomic E-state index is -0.665. The molecule has 0 unspecified atom stereocenters. The fourth-order valence-corrected chi connectivity index (χ4v) is 3.27. The number of aromatic nitrogens is 2. The number of aromatic amines is 1. The first-order valence-corrected chi connectivity index (χ1v) is 10.4. The summed E-state index contributed by atoms with van der Waals surface area (Å²) in [6.45, 7) is 10.8. The molecule has 0 saturated carbocycles. The molecule has 1 heterocycles. The molecular formula is C22H32N4O4. The van der Waals surface area contributed by atoms with Gasteiger partial charge >= 0.3 is 5.69 Å². The number of carbonyl (C=O) groups excluding carboxylic acids is 1. The summed E-state index contributed by atoms with van der Waals surface area (Å²) in [5, 5.41) is 0. The summed E-state index contributed by atoms with van der Waals surface area (Å²) >= 11 is 0. The number of ether oxygens (including phenoxy) is 1. The van der Waals surface area contributed by atoms with E-state index in [1.807, 2.05) is 34.6 Å². The summed E-state index contributed by atoms with van der Waals surface area (Å²) in [4.78, 5) is 42.0. The summed E-state index contributed by atoms with van der Waals surface area (Å²) in [5.74, 6) is 0.434. The third-order valence-corrected chi connectivity index (χ3v) is 4.73. The van der Waals surface area contributed by atoms with Crippen LogP contribution in [0.15, 0.2) is 27.8 Å². The summed E-state index contributed by atoms with van der Waals surface area (Å²) in [6, 6.07) is 5.15. The van der Waals surface area contributed by atoms with Crippen LogP contribution < -0.4 is 26.6 Å². The number of hydrogen-bond acceptors (Lipinski definition) is 5. The highest BCUT2D eigenvalue weighted by Gasteiger charge is 2.26. The van der Waals surface area contributed by atoms with Gasteiger partial charge in [0.05, 0.1) is 6.61 Å². The Balaban J connectivity index is 2.58. The van der Waals surface area contributed by atoms with Crippen LogP contribution >= 0.6 is 0 Å². The van der Waals surface area contributed by atoms with Gasteiger partial charge in [-0.1, -0.05) is 27.2 Å². The van der Waals surface area contributed by atoms with Gasteiger partial charge in [0.2, 0.25) is 0 Å². The van der Waals surface area contributed by atoms with Crippen molar-refractivity contribution in [1.82, 2.24) is 9.55 Å². The van der Waals surface area contributed by atoms with Gasteiger partial charge in [-0.25, -0.2) is 4.79 Å². The second-order valence-electron chi connectivity index (χ2n) is 7.72. The number of nitrogen functional groups attached to an aromatic ring is 1. The fraction of sp³-hybridized carbons (Fsp3) is 0.500. The second-order valence-corrected chi connectivity index (χ2v) is 7.72. The zero-order valence-corrected chi connectivity index (χ0v) is 18.4. The standard InChI is InChI=1S/C22H32N4O4/c1-6-8-11-25-19(23)18(20(27)24-22(25)29)26(13-14(3)4)21(28)16-9-10-17(30-7-2)15(5)12-16/h9-10,12,14H,6-8,11,13,23H2,1-5H3,(H,24,27,29). The highest BCUT2D eigenvalue weighted by molar-refractivity contribution is 6.07. The van der Waals surface area contributed by atoms with Crippen molar-refractivity contribution in [3.05, 3.63) is 50.2 Å². The fourth-order valence-electron chi connectivity index (χ4n) is 3.27. The molecule has 0 atom stereocenters. The quantitative estimate of drug-likeness (QED) is 0.653. The molecule has 0 aliphatic carbocycles. The zero-order chi connectivity index (χ0) is 22.4. The number of rotatable bonds is 9. The van der Waals surface area contributed by atoms with Crippen molar-refractivity contribution in [3.8, 4) is 5.75 Å². The highest BCUT2D eigenvalue weighted by Crippen LogP contribution is 2.24. The van der Waals surface area contributed by atoms with Gasteiger partial charge in [-0.2, -0.15) is 0 Å². The number of nitrogens with one attached hydrogen (secondary N) is 1. The lowest BCUT2D eigenvalue weighted by Crippen LogP contribution is -2.42. The Morgan fingerprint density at radius 2 is 1.97 bits per heavy atom. The molecule has 0 aliphatic heterocycles. The molecule has 0 spiro atoms. The number of hydrogen-bond donors (Lipinski definition) is 2. The lowest BCUT2D eigenvalue weighted by Gasteiger charge is -2.26. The SMILES string of the molecule is CCCCn1c(N)c(N(CC(C)C)C(=O)c2ccc(OCC)c(C)c2)c(=O)[nH]c1=O. The number of H-pyrrole nitrogens is 1. The smallest absolute Gasteiger partial charge is 0.330 e. The van der Waals surface area contributed by atoms with E-state index in [0.717, 1.165) is 18.4 Å². The van der Waals surface area contributed by atoms with Crippen molar-refractivity contribution in [2.75, 3.05) is 23.8 Å². The van der Waals surface area contributed by atoms with E-state index in [1.165, 1.54) is 9.47 Å². The lowest BCUT2D eigenvalue weighted by atomic mass is 10.1. The van der Waals surface area contributed by atoms with Crippen molar-refractivity contribution in [3.63, 3.8) is 0 Å². The van der Waals surface area contributed by atoms with Gasteiger partial charge in [-0.05, 0) is 49.9 Å². The van der Waals surface area contributed by atoms with Gasteiger partial charge in [-0.3, -0.25) is 19.1 Å². The van der Waals surface area contributed by atoms with E-state index in [0.29, 0.717) is 24.5 Å². The molecule has 0 fully saturated rings. The van der Waals surface area contributed by atoms with Crippen molar-refractivity contribution < 1.29 is 9.53 Å². The van der Waals surface area contributed by atoms with Gasteiger partial charge in [0, 0.05) is 18.7 Å². The van der Waals surface area contributed by atoms with Crippen LogP contribution in [0.1, 0.15) is 56.5 Å². The topological polar surface area (TPSA) is 110 Å². The number of amides is 1. The van der Waals surface area contributed by atoms with Gasteiger partial charge in [0.15, 0.2) is 5.69 Å². The number of nitrogens with two attached hydrogens (primary N) is 1. The molecule has 2 aromatic rings. The maximum absolute atomic E-state index is 13.4. The number of aryl methyl sites for hydroxylation is 1. The number of unbranched alkanes of at least 4 members (excludes halogenated alkanes) is 1. The van der Waals surface area contributed by atoms with Crippen LogP contribution in [0.3, 0.4) is 0 Å². The summed E-state index contributed by atoms with van der Waals surface area (Å²) in [5.41, 5.74) is 6.26. The van der Waals surface area contributed by atoms with Crippen LogP contribution in [0.5, 0.6) is 5.75 Å². The number of carbonyl (C=O) groups is 1. The predicted octanol–water partition coefficient (Wildman–Crippen LogP) is 2.93. The van der Waals surface area contributed by atoms with Crippen LogP contribution in [0.4, 0.5) is 11.5 Å². The first kappa shape index (κ1) is 23.3. The summed E-state index contributed by atoms with van der Waals surface area (Å²) < 4.78 is 6.87. The normalized spacial score (nSPS) is 11.0. The van der Waals surface area contributed by atoms with E-state index in [1.54, 1.807) is 18.2 Å². The van der Waals surface area contributed by atoms with Gasteiger partial charge in [-0.15, -0.1) is 0 Å². The minimum absolute atomic E-state index is 0.00820. The molecule has 1 amide bonds. The molecule has 30 heavy (non-hydrogen) atoms. The Labute approximate surface area is 176 Å². The second kappa shape index (κ2) is 10.1. The Morgan fingerprint density at radius 3 is 2.53 bits per heavy atom. The first-order valence-electron chi connectivity index (χ1n) is 10.4. The van der Waals surface area contributed by atoms with Crippen molar-refractivity contribution in [2.45, 2.75) is 54.0 Å². The third-order valence-electron chi connectivity index (χ3n) is 4.73. The predicted molar refractivity (Wildman–Crippen MR) is 120 cm³/mol. The molecule has 1 aromatic carbocycles. The van der Waals surface area contributed by atoms with Crippen molar-refractivity contribution in [2.24, 2.45) is 5.92 Å². The van der Waals surface area contributed by atoms with E-state index in [2.05, 4.69) is 4.98 Å². The van der Waals surface area contributed by atoms with Crippen molar-refractivity contribution in [1.29, 1.82) is 0 Å². The summed E-state index contributed by atoms with van der Waals surface area (Å²) in [7, 11) is 0. The van der Waals surface area contributed by atoms with E-state index >= 15 is 0 Å². The first-order chi connectivity index (χ1) is 14.2. The molecule has 0 saturated heterocycles. The number of anilines is 2. The van der Waals surface area contributed by atoms with E-state index < -0.39 is 11.2 Å². The molecular weight excluding hydrogens is 384 g/mol. The van der Waals surface area contributed by atoms with E-state index in [4.69, 9.17) is 10.5 Å². The molecule has 0 aliphatic rings. The number of nitrogens with zero attached hydrogens (tertiary/aromatic N) is 2. The molecule has 164 valence electrons. The van der Waals surface area contributed by atoms with Gasteiger partial charge in [0.1, 0.15) is 11.6 Å². The maximum Gasteiger partial charge on any atom is 0.330 e. The molecule has 0 radical (unpaired) electrons. The Kier molecular flexibility index (Phi) is 7.86. The third kappa shape index (κ3) is 5.11. The Bertz CT molecular complexity index is 1010.